The average molecular weight is 361 g/mol. The number of benzene rings is 2. The van der Waals surface area contributed by atoms with Gasteiger partial charge in [0.15, 0.2) is 0 Å². The second kappa shape index (κ2) is 6.36. The number of alkyl halides is 3. The summed E-state index contributed by atoms with van der Waals surface area (Å²) in [5, 5.41) is 19.6. The van der Waals surface area contributed by atoms with Crippen molar-refractivity contribution in [3.05, 3.63) is 63.2 Å². The summed E-state index contributed by atoms with van der Waals surface area (Å²) >= 11 is 5.65. The second-order valence-corrected chi connectivity index (χ2v) is 5.02. The van der Waals surface area contributed by atoms with Crippen LogP contribution in [0.5, 0.6) is 0 Å². The predicted molar refractivity (Wildman–Crippen MR) is 79.7 cm³/mol. The van der Waals surface area contributed by atoms with Crippen molar-refractivity contribution in [2.24, 2.45) is 0 Å². The van der Waals surface area contributed by atoms with Gasteiger partial charge >= 0.3 is 12.3 Å². The molecule has 24 heavy (non-hydrogen) atoms. The smallest absolute Gasteiger partial charge is 0.416 e. The maximum Gasteiger partial charge on any atom is 0.416 e. The summed E-state index contributed by atoms with van der Waals surface area (Å²) in [4.78, 5) is 21.9. The van der Waals surface area contributed by atoms with Crippen molar-refractivity contribution in [3.63, 3.8) is 0 Å². The molecule has 0 fully saturated rings. The van der Waals surface area contributed by atoms with Gasteiger partial charge in [0.25, 0.3) is 5.69 Å². The number of anilines is 2. The van der Waals surface area contributed by atoms with E-state index in [1.54, 1.807) is 0 Å². The molecule has 126 valence electrons. The first-order valence-corrected chi connectivity index (χ1v) is 6.62. The van der Waals surface area contributed by atoms with E-state index in [0.29, 0.717) is 17.0 Å². The summed E-state index contributed by atoms with van der Waals surface area (Å²) in [6.07, 6.45) is -6.28. The third-order valence-corrected chi connectivity index (χ3v) is 3.20. The number of carboxylic acid groups (broad SMARTS) is 1. The Labute approximate surface area is 137 Å². The van der Waals surface area contributed by atoms with Gasteiger partial charge in [0.2, 0.25) is 0 Å². The highest BCUT2D eigenvalue weighted by Gasteiger charge is 2.32. The molecule has 0 unspecified atom stereocenters. The fourth-order valence-electron chi connectivity index (χ4n) is 1.96. The van der Waals surface area contributed by atoms with Gasteiger partial charge in [-0.15, -0.1) is 0 Å². The summed E-state index contributed by atoms with van der Waals surface area (Å²) < 4.78 is 38.6. The number of carbonyl (C=O) groups is 1. The molecule has 0 saturated carbocycles. The van der Waals surface area contributed by atoms with E-state index in [0.717, 1.165) is 30.3 Å². The number of nitro groups is 1. The van der Waals surface area contributed by atoms with Crippen LogP contribution in [0.4, 0.5) is 35.0 Å². The molecule has 2 aromatic carbocycles. The topological polar surface area (TPSA) is 83.7 Å². The van der Waals surface area contributed by atoms with Crippen molar-refractivity contribution in [1.29, 1.82) is 0 Å². The first-order chi connectivity index (χ1) is 11.1. The maximum atomic E-state index is 12.9. The number of hydrogen-bond donors (Lipinski definition) is 1. The lowest BCUT2D eigenvalue weighted by Crippen LogP contribution is -2.24. The highest BCUT2D eigenvalue weighted by molar-refractivity contribution is 6.31. The first kappa shape index (κ1) is 17.5. The van der Waals surface area contributed by atoms with Gasteiger partial charge in [-0.25, -0.2) is 9.69 Å². The number of halogens is 4. The largest absolute Gasteiger partial charge is 0.464 e. The summed E-state index contributed by atoms with van der Waals surface area (Å²) in [7, 11) is 0. The predicted octanol–water partition coefficient (Wildman–Crippen LogP) is 5.08. The molecular formula is C14H8ClF3N2O4. The number of amides is 1. The van der Waals surface area contributed by atoms with Crippen molar-refractivity contribution in [2.75, 3.05) is 4.90 Å². The zero-order valence-electron chi connectivity index (χ0n) is 11.6. The molecule has 0 atom stereocenters. The second-order valence-electron chi connectivity index (χ2n) is 4.59. The number of rotatable bonds is 3. The molecule has 1 N–H and O–H groups in total. The lowest BCUT2D eigenvalue weighted by atomic mass is 10.1. The highest BCUT2D eigenvalue weighted by Crippen LogP contribution is 2.36. The highest BCUT2D eigenvalue weighted by atomic mass is 35.5. The van der Waals surface area contributed by atoms with E-state index in [2.05, 4.69) is 0 Å². The molecule has 0 aliphatic heterocycles. The molecule has 0 bridgehead atoms. The van der Waals surface area contributed by atoms with Crippen LogP contribution in [0, 0.1) is 10.1 Å². The molecule has 0 aliphatic rings. The molecular weight excluding hydrogens is 353 g/mol. The van der Waals surface area contributed by atoms with Crippen LogP contribution >= 0.6 is 11.6 Å². The zero-order valence-corrected chi connectivity index (χ0v) is 12.4. The minimum Gasteiger partial charge on any atom is -0.464 e. The summed E-state index contributed by atoms with van der Waals surface area (Å²) in [5.74, 6) is 0. The Hall–Kier alpha value is -2.81. The summed E-state index contributed by atoms with van der Waals surface area (Å²) in [6, 6.07) is 6.65. The molecule has 0 heterocycles. The van der Waals surface area contributed by atoms with Crippen LogP contribution in [0.15, 0.2) is 42.5 Å². The van der Waals surface area contributed by atoms with E-state index in [-0.39, 0.29) is 22.1 Å². The third kappa shape index (κ3) is 3.74. The van der Waals surface area contributed by atoms with Gasteiger partial charge in [-0.1, -0.05) is 11.6 Å². The van der Waals surface area contributed by atoms with Crippen LogP contribution in [0.1, 0.15) is 5.56 Å². The van der Waals surface area contributed by atoms with Crippen molar-refractivity contribution < 1.29 is 28.0 Å². The van der Waals surface area contributed by atoms with Gasteiger partial charge in [0, 0.05) is 17.2 Å². The molecule has 0 radical (unpaired) electrons. The van der Waals surface area contributed by atoms with Gasteiger partial charge in [-0.3, -0.25) is 10.1 Å². The van der Waals surface area contributed by atoms with Gasteiger partial charge in [-0.2, -0.15) is 13.2 Å². The van der Waals surface area contributed by atoms with Crippen molar-refractivity contribution in [2.45, 2.75) is 6.18 Å². The van der Waals surface area contributed by atoms with Crippen LogP contribution in [0.2, 0.25) is 5.02 Å². The summed E-state index contributed by atoms with van der Waals surface area (Å²) in [6.45, 7) is 0. The molecule has 10 heteroatoms. The van der Waals surface area contributed by atoms with Crippen molar-refractivity contribution >= 4 is 34.8 Å². The molecule has 0 aliphatic carbocycles. The van der Waals surface area contributed by atoms with E-state index in [1.165, 1.54) is 0 Å². The normalized spacial score (nSPS) is 11.2. The van der Waals surface area contributed by atoms with E-state index >= 15 is 0 Å². The Morgan fingerprint density at radius 1 is 1.12 bits per heavy atom. The molecule has 2 aromatic rings. The van der Waals surface area contributed by atoms with Crippen LogP contribution in [0.3, 0.4) is 0 Å². The molecule has 2 rings (SSSR count). The SMILES string of the molecule is O=C(O)N(c1ccc([N+](=O)[O-])cc1)c1cc(Cl)cc(C(F)(F)F)c1. The Bertz CT molecular complexity index is 794. The average Bonchev–Trinajstić information content (AvgIpc) is 2.46. The molecule has 0 aromatic heterocycles. The Morgan fingerprint density at radius 3 is 2.17 bits per heavy atom. The zero-order chi connectivity index (χ0) is 18.1. The first-order valence-electron chi connectivity index (χ1n) is 6.25. The minimum absolute atomic E-state index is 0.0662. The standard InChI is InChI=1S/C14H8ClF3N2O4/c15-9-5-8(14(16,17)18)6-12(7-9)19(13(21)22)10-1-3-11(4-2-10)20(23)24/h1-7H,(H,21,22). The molecule has 0 saturated heterocycles. The van der Waals surface area contributed by atoms with Crippen molar-refractivity contribution in [3.8, 4) is 0 Å². The Morgan fingerprint density at radius 2 is 1.71 bits per heavy atom. The van der Waals surface area contributed by atoms with Gasteiger partial charge in [0.1, 0.15) is 0 Å². The molecule has 0 spiro atoms. The van der Waals surface area contributed by atoms with E-state index in [9.17, 15) is 33.2 Å². The van der Waals surface area contributed by atoms with Crippen LogP contribution in [-0.2, 0) is 6.18 Å². The quantitative estimate of drug-likeness (QED) is 0.611. The Balaban J connectivity index is 2.54. The van der Waals surface area contributed by atoms with Crippen LogP contribution in [-0.4, -0.2) is 16.1 Å². The minimum atomic E-state index is -4.71. The lowest BCUT2D eigenvalue weighted by molar-refractivity contribution is -0.384. The number of hydrogen-bond acceptors (Lipinski definition) is 3. The van der Waals surface area contributed by atoms with Crippen LogP contribution < -0.4 is 4.90 Å². The maximum absolute atomic E-state index is 12.9. The third-order valence-electron chi connectivity index (χ3n) is 2.98. The van der Waals surface area contributed by atoms with Gasteiger partial charge in [0.05, 0.1) is 21.9 Å². The fraction of sp³-hybridized carbons (Fsp3) is 0.0714. The number of nitrogens with zero attached hydrogens (tertiary/aromatic N) is 2. The monoisotopic (exact) mass is 360 g/mol. The number of nitro benzene ring substituents is 1. The number of non-ortho nitro benzene ring substituents is 1. The fourth-order valence-corrected chi connectivity index (χ4v) is 2.19. The molecule has 6 nitrogen and oxygen atoms in total. The van der Waals surface area contributed by atoms with E-state index in [4.69, 9.17) is 11.6 Å². The van der Waals surface area contributed by atoms with Gasteiger partial charge in [-0.05, 0) is 30.3 Å². The van der Waals surface area contributed by atoms with Crippen LogP contribution in [0.25, 0.3) is 0 Å². The Kier molecular flexibility index (Phi) is 4.65. The van der Waals surface area contributed by atoms with E-state index in [1.807, 2.05) is 0 Å². The van der Waals surface area contributed by atoms with Gasteiger partial charge < -0.3 is 5.11 Å². The van der Waals surface area contributed by atoms with E-state index < -0.39 is 22.8 Å². The van der Waals surface area contributed by atoms with Crippen molar-refractivity contribution in [1.82, 2.24) is 0 Å². The summed E-state index contributed by atoms with van der Waals surface area (Å²) in [5.41, 5.74) is -1.80. The lowest BCUT2D eigenvalue weighted by Gasteiger charge is -2.21. The molecule has 1 amide bonds.